The number of nitrogen functional groups attached to an aromatic ring is 1. The van der Waals surface area contributed by atoms with Crippen LogP contribution in [-0.4, -0.2) is 35.2 Å². The third kappa shape index (κ3) is 3.90. The Bertz CT molecular complexity index is 796. The third-order valence-corrected chi connectivity index (χ3v) is 4.37. The predicted molar refractivity (Wildman–Crippen MR) is 103 cm³/mol. The maximum Gasteiger partial charge on any atom is 0.254 e. The SMILES string of the molecule is N=Cc1nc(N2CCCCCC2)nc(Nc2ccc(N)cc2)c1C(N)=O. The Labute approximate surface area is 152 Å². The fraction of sp³-hybridized carbons (Fsp3) is 0.333. The van der Waals surface area contributed by atoms with Crippen molar-refractivity contribution in [2.45, 2.75) is 25.7 Å². The van der Waals surface area contributed by atoms with Gasteiger partial charge in [0.15, 0.2) is 0 Å². The molecule has 0 spiro atoms. The van der Waals surface area contributed by atoms with Crippen molar-refractivity contribution in [2.24, 2.45) is 5.73 Å². The van der Waals surface area contributed by atoms with Gasteiger partial charge in [-0.05, 0) is 37.1 Å². The molecule has 0 unspecified atom stereocenters. The molecule has 1 aliphatic heterocycles. The van der Waals surface area contributed by atoms with Crippen molar-refractivity contribution in [3.8, 4) is 0 Å². The smallest absolute Gasteiger partial charge is 0.254 e. The standard InChI is InChI=1S/C18H23N7O/c19-11-14-15(16(21)26)17(22-13-7-5-12(20)6-8-13)24-18(23-14)25-9-3-1-2-4-10-25/h5-8,11,19H,1-4,9-10,20H2,(H2,21,26)(H,22,23,24). The lowest BCUT2D eigenvalue weighted by Crippen LogP contribution is -2.28. The molecule has 6 N–H and O–H groups in total. The first kappa shape index (κ1) is 17.7. The highest BCUT2D eigenvalue weighted by molar-refractivity contribution is 6.04. The Morgan fingerprint density at radius 3 is 2.35 bits per heavy atom. The van der Waals surface area contributed by atoms with E-state index in [2.05, 4.69) is 20.2 Å². The number of benzene rings is 1. The van der Waals surface area contributed by atoms with Crippen LogP contribution >= 0.6 is 0 Å². The number of carbonyl (C=O) groups is 1. The Morgan fingerprint density at radius 2 is 1.77 bits per heavy atom. The summed E-state index contributed by atoms with van der Waals surface area (Å²) in [5, 5.41) is 10.8. The van der Waals surface area contributed by atoms with E-state index in [1.165, 1.54) is 12.8 Å². The highest BCUT2D eigenvalue weighted by Crippen LogP contribution is 2.25. The van der Waals surface area contributed by atoms with E-state index in [4.69, 9.17) is 16.9 Å². The first-order valence-electron chi connectivity index (χ1n) is 8.68. The normalized spacial score (nSPS) is 14.5. The molecule has 2 aromatic rings. The molecule has 0 aliphatic carbocycles. The third-order valence-electron chi connectivity index (χ3n) is 4.37. The maximum atomic E-state index is 12.0. The van der Waals surface area contributed by atoms with Gasteiger partial charge in [-0.1, -0.05) is 12.8 Å². The summed E-state index contributed by atoms with van der Waals surface area (Å²) in [7, 11) is 0. The van der Waals surface area contributed by atoms with E-state index < -0.39 is 5.91 Å². The van der Waals surface area contributed by atoms with E-state index in [1.807, 2.05) is 0 Å². The maximum absolute atomic E-state index is 12.0. The first-order chi connectivity index (χ1) is 12.6. The van der Waals surface area contributed by atoms with Gasteiger partial charge in [-0.2, -0.15) is 4.98 Å². The van der Waals surface area contributed by atoms with E-state index in [9.17, 15) is 4.79 Å². The van der Waals surface area contributed by atoms with Crippen molar-refractivity contribution in [3.63, 3.8) is 0 Å². The minimum Gasteiger partial charge on any atom is -0.399 e. The summed E-state index contributed by atoms with van der Waals surface area (Å²) in [6.45, 7) is 1.71. The molecule has 26 heavy (non-hydrogen) atoms. The first-order valence-corrected chi connectivity index (χ1v) is 8.68. The number of hydrogen-bond donors (Lipinski definition) is 4. The molecule has 1 saturated heterocycles. The van der Waals surface area contributed by atoms with Crippen LogP contribution in [0.25, 0.3) is 0 Å². The minimum absolute atomic E-state index is 0.107. The van der Waals surface area contributed by atoms with Gasteiger partial charge in [-0.3, -0.25) is 4.79 Å². The summed E-state index contributed by atoms with van der Waals surface area (Å²) in [6, 6.07) is 7.08. The fourth-order valence-corrected chi connectivity index (χ4v) is 3.02. The monoisotopic (exact) mass is 353 g/mol. The van der Waals surface area contributed by atoms with Crippen LogP contribution in [0.1, 0.15) is 41.7 Å². The van der Waals surface area contributed by atoms with Gasteiger partial charge in [0.2, 0.25) is 5.95 Å². The van der Waals surface area contributed by atoms with E-state index in [0.29, 0.717) is 17.5 Å². The van der Waals surface area contributed by atoms with Gasteiger partial charge in [-0.15, -0.1) is 0 Å². The molecule has 1 amide bonds. The lowest BCUT2D eigenvalue weighted by atomic mass is 10.2. The van der Waals surface area contributed by atoms with E-state index in [1.54, 1.807) is 24.3 Å². The van der Waals surface area contributed by atoms with Crippen LogP contribution in [-0.2, 0) is 0 Å². The molecule has 8 heteroatoms. The number of rotatable bonds is 5. The zero-order valence-corrected chi connectivity index (χ0v) is 14.5. The number of primary amides is 1. The van der Waals surface area contributed by atoms with Gasteiger partial charge >= 0.3 is 0 Å². The summed E-state index contributed by atoms with van der Waals surface area (Å²) in [5.74, 6) is 0.132. The molecule has 0 atom stereocenters. The molecule has 1 aromatic carbocycles. The largest absolute Gasteiger partial charge is 0.399 e. The summed E-state index contributed by atoms with van der Waals surface area (Å²) < 4.78 is 0. The average Bonchev–Trinajstić information content (AvgIpc) is 2.92. The lowest BCUT2D eigenvalue weighted by Gasteiger charge is -2.22. The number of aromatic nitrogens is 2. The highest BCUT2D eigenvalue weighted by atomic mass is 16.1. The molecule has 1 aromatic heterocycles. The summed E-state index contributed by atoms with van der Waals surface area (Å²) >= 11 is 0. The number of amides is 1. The molecule has 1 fully saturated rings. The topological polar surface area (TPSA) is 134 Å². The van der Waals surface area contributed by atoms with E-state index >= 15 is 0 Å². The van der Waals surface area contributed by atoms with Crippen molar-refractivity contribution in [1.82, 2.24) is 9.97 Å². The highest BCUT2D eigenvalue weighted by Gasteiger charge is 2.21. The second kappa shape index (κ2) is 7.81. The predicted octanol–water partition coefficient (Wildman–Crippen LogP) is 2.28. The molecule has 0 radical (unpaired) electrons. The van der Waals surface area contributed by atoms with Gasteiger partial charge < -0.3 is 27.1 Å². The molecule has 3 rings (SSSR count). The van der Waals surface area contributed by atoms with Gasteiger partial charge in [0.05, 0.1) is 0 Å². The summed E-state index contributed by atoms with van der Waals surface area (Å²) in [5.41, 5.74) is 12.9. The zero-order chi connectivity index (χ0) is 18.5. The number of nitrogens with one attached hydrogen (secondary N) is 2. The van der Waals surface area contributed by atoms with Crippen LogP contribution in [0.5, 0.6) is 0 Å². The molecule has 8 nitrogen and oxygen atoms in total. The molecule has 136 valence electrons. The van der Waals surface area contributed by atoms with Crippen molar-refractivity contribution in [2.75, 3.05) is 29.0 Å². The van der Waals surface area contributed by atoms with Crippen molar-refractivity contribution >= 4 is 35.3 Å². The average molecular weight is 353 g/mol. The number of nitrogens with two attached hydrogens (primary N) is 2. The van der Waals surface area contributed by atoms with Gasteiger partial charge in [0.25, 0.3) is 5.91 Å². The molecule has 2 heterocycles. The van der Waals surface area contributed by atoms with Gasteiger partial charge in [0.1, 0.15) is 17.1 Å². The Morgan fingerprint density at radius 1 is 1.12 bits per heavy atom. The second-order valence-corrected chi connectivity index (χ2v) is 6.29. The fourth-order valence-electron chi connectivity index (χ4n) is 3.02. The van der Waals surface area contributed by atoms with Crippen LogP contribution in [0, 0.1) is 5.41 Å². The number of hydrogen-bond acceptors (Lipinski definition) is 7. The quantitative estimate of drug-likeness (QED) is 0.481. The summed E-state index contributed by atoms with van der Waals surface area (Å²) in [4.78, 5) is 23.0. The van der Waals surface area contributed by atoms with Gasteiger partial charge in [-0.25, -0.2) is 4.98 Å². The molecule has 0 saturated carbocycles. The number of nitrogens with zero attached hydrogens (tertiary/aromatic N) is 3. The van der Waals surface area contributed by atoms with E-state index in [0.717, 1.165) is 37.8 Å². The van der Waals surface area contributed by atoms with Crippen molar-refractivity contribution in [1.29, 1.82) is 5.41 Å². The van der Waals surface area contributed by atoms with Gasteiger partial charge in [0, 0.05) is 30.7 Å². The zero-order valence-electron chi connectivity index (χ0n) is 14.5. The number of anilines is 4. The number of carbonyl (C=O) groups excluding carboxylic acids is 1. The Hall–Kier alpha value is -3.16. The Balaban J connectivity index is 2.03. The molecular weight excluding hydrogens is 330 g/mol. The molecule has 1 aliphatic rings. The molecular formula is C18H23N7O. The minimum atomic E-state index is -0.677. The van der Waals surface area contributed by atoms with E-state index in [-0.39, 0.29) is 11.3 Å². The Kier molecular flexibility index (Phi) is 5.31. The van der Waals surface area contributed by atoms with Crippen molar-refractivity contribution < 1.29 is 4.79 Å². The van der Waals surface area contributed by atoms with Crippen LogP contribution in [0.4, 0.5) is 23.1 Å². The van der Waals surface area contributed by atoms with Crippen LogP contribution in [0.15, 0.2) is 24.3 Å². The van der Waals surface area contributed by atoms with Crippen LogP contribution < -0.4 is 21.7 Å². The summed E-state index contributed by atoms with van der Waals surface area (Å²) in [6.07, 6.45) is 5.55. The molecule has 0 bridgehead atoms. The van der Waals surface area contributed by atoms with Crippen LogP contribution in [0.3, 0.4) is 0 Å². The second-order valence-electron chi connectivity index (χ2n) is 6.29. The lowest BCUT2D eigenvalue weighted by molar-refractivity contribution is 0.100. The van der Waals surface area contributed by atoms with Crippen molar-refractivity contribution in [3.05, 3.63) is 35.5 Å². The van der Waals surface area contributed by atoms with Crippen LogP contribution in [0.2, 0.25) is 0 Å².